The SMILES string of the molecule is CNc1cccc([C@@H]2CN(Cc3cccs3)CCO2)n1. The monoisotopic (exact) mass is 289 g/mol. The summed E-state index contributed by atoms with van der Waals surface area (Å²) in [5, 5.41) is 5.21. The number of nitrogens with zero attached hydrogens (tertiary/aromatic N) is 2. The second-order valence-corrected chi connectivity index (χ2v) is 5.90. The molecule has 0 amide bonds. The Morgan fingerprint density at radius 2 is 2.35 bits per heavy atom. The predicted molar refractivity (Wildman–Crippen MR) is 82.1 cm³/mol. The minimum Gasteiger partial charge on any atom is -0.373 e. The molecule has 1 saturated heterocycles. The molecule has 2 aromatic heterocycles. The van der Waals surface area contributed by atoms with Gasteiger partial charge in [-0.2, -0.15) is 0 Å². The minimum atomic E-state index is 0.0667. The number of morpholine rings is 1. The molecule has 0 radical (unpaired) electrons. The fourth-order valence-electron chi connectivity index (χ4n) is 2.42. The molecule has 0 aromatic carbocycles. The summed E-state index contributed by atoms with van der Waals surface area (Å²) in [6.07, 6.45) is 0.0667. The molecule has 5 heteroatoms. The largest absolute Gasteiger partial charge is 0.373 e. The number of hydrogen-bond acceptors (Lipinski definition) is 5. The van der Waals surface area contributed by atoms with E-state index in [4.69, 9.17) is 4.74 Å². The summed E-state index contributed by atoms with van der Waals surface area (Å²) in [5.41, 5.74) is 1.01. The summed E-state index contributed by atoms with van der Waals surface area (Å²) in [4.78, 5) is 8.43. The van der Waals surface area contributed by atoms with Crippen LogP contribution in [0.25, 0.3) is 0 Å². The van der Waals surface area contributed by atoms with Crippen molar-refractivity contribution in [3.05, 3.63) is 46.3 Å². The first-order chi connectivity index (χ1) is 9.85. The first-order valence-electron chi connectivity index (χ1n) is 6.86. The van der Waals surface area contributed by atoms with E-state index < -0.39 is 0 Å². The molecule has 1 fully saturated rings. The molecule has 1 atom stereocenters. The summed E-state index contributed by atoms with van der Waals surface area (Å²) >= 11 is 1.81. The van der Waals surface area contributed by atoms with Gasteiger partial charge in [-0.25, -0.2) is 4.98 Å². The third-order valence-corrected chi connectivity index (χ3v) is 4.33. The number of nitrogens with one attached hydrogen (secondary N) is 1. The van der Waals surface area contributed by atoms with Crippen LogP contribution in [0, 0.1) is 0 Å². The molecule has 0 aliphatic carbocycles. The number of aromatic nitrogens is 1. The van der Waals surface area contributed by atoms with E-state index in [2.05, 4.69) is 32.7 Å². The third-order valence-electron chi connectivity index (χ3n) is 3.47. The van der Waals surface area contributed by atoms with Crippen LogP contribution in [0.4, 0.5) is 5.82 Å². The van der Waals surface area contributed by atoms with E-state index >= 15 is 0 Å². The van der Waals surface area contributed by atoms with Gasteiger partial charge in [-0.3, -0.25) is 4.90 Å². The average molecular weight is 289 g/mol. The van der Waals surface area contributed by atoms with E-state index in [1.54, 1.807) is 0 Å². The Morgan fingerprint density at radius 1 is 1.40 bits per heavy atom. The summed E-state index contributed by atoms with van der Waals surface area (Å²) in [7, 11) is 1.89. The molecule has 2 aromatic rings. The van der Waals surface area contributed by atoms with E-state index in [-0.39, 0.29) is 6.10 Å². The molecule has 1 aliphatic heterocycles. The lowest BCUT2D eigenvalue weighted by atomic mass is 10.2. The summed E-state index contributed by atoms with van der Waals surface area (Å²) < 4.78 is 5.88. The fourth-order valence-corrected chi connectivity index (χ4v) is 3.16. The van der Waals surface area contributed by atoms with Crippen molar-refractivity contribution in [2.24, 2.45) is 0 Å². The Bertz CT molecular complexity index is 544. The predicted octanol–water partition coefficient (Wildman–Crippen LogP) is 2.76. The van der Waals surface area contributed by atoms with Gasteiger partial charge >= 0.3 is 0 Å². The Labute approximate surface area is 123 Å². The molecule has 1 aliphatic rings. The second kappa shape index (κ2) is 6.35. The van der Waals surface area contributed by atoms with Crippen LogP contribution < -0.4 is 5.32 Å². The van der Waals surface area contributed by atoms with Gasteiger partial charge in [-0.05, 0) is 23.6 Å². The van der Waals surface area contributed by atoms with Crippen molar-refractivity contribution in [1.82, 2.24) is 9.88 Å². The number of hydrogen-bond donors (Lipinski definition) is 1. The maximum atomic E-state index is 5.88. The van der Waals surface area contributed by atoms with Crippen LogP contribution in [0.15, 0.2) is 35.7 Å². The van der Waals surface area contributed by atoms with Crippen LogP contribution in [-0.2, 0) is 11.3 Å². The van der Waals surface area contributed by atoms with E-state index in [0.717, 1.165) is 37.8 Å². The normalized spacial score (nSPS) is 19.9. The Balaban J connectivity index is 1.68. The van der Waals surface area contributed by atoms with Gasteiger partial charge in [0.15, 0.2) is 0 Å². The Morgan fingerprint density at radius 3 is 3.15 bits per heavy atom. The number of anilines is 1. The van der Waals surface area contributed by atoms with Crippen molar-refractivity contribution in [2.75, 3.05) is 32.1 Å². The number of ether oxygens (including phenoxy) is 1. The molecular formula is C15H19N3OS. The zero-order valence-electron chi connectivity index (χ0n) is 11.6. The third kappa shape index (κ3) is 3.17. The minimum absolute atomic E-state index is 0.0667. The van der Waals surface area contributed by atoms with Gasteiger partial charge in [0.2, 0.25) is 0 Å². The van der Waals surface area contributed by atoms with E-state index in [0.29, 0.717) is 0 Å². The van der Waals surface area contributed by atoms with E-state index in [1.807, 2.05) is 36.6 Å². The molecule has 106 valence electrons. The molecule has 4 nitrogen and oxygen atoms in total. The molecule has 20 heavy (non-hydrogen) atoms. The molecule has 1 N–H and O–H groups in total. The quantitative estimate of drug-likeness (QED) is 0.939. The molecule has 0 spiro atoms. The van der Waals surface area contributed by atoms with E-state index in [1.165, 1.54) is 4.88 Å². The first kappa shape index (κ1) is 13.5. The summed E-state index contributed by atoms with van der Waals surface area (Å²) in [6, 6.07) is 10.3. The fraction of sp³-hybridized carbons (Fsp3) is 0.400. The number of rotatable bonds is 4. The molecule has 0 saturated carbocycles. The topological polar surface area (TPSA) is 37.4 Å². The lowest BCUT2D eigenvalue weighted by Gasteiger charge is -2.32. The van der Waals surface area contributed by atoms with Gasteiger partial charge in [-0.1, -0.05) is 12.1 Å². The van der Waals surface area contributed by atoms with Crippen molar-refractivity contribution >= 4 is 17.2 Å². The van der Waals surface area contributed by atoms with Crippen LogP contribution >= 0.6 is 11.3 Å². The smallest absolute Gasteiger partial charge is 0.126 e. The molecular weight excluding hydrogens is 270 g/mol. The molecule has 0 bridgehead atoms. The number of thiophene rings is 1. The van der Waals surface area contributed by atoms with Crippen LogP contribution in [0.5, 0.6) is 0 Å². The van der Waals surface area contributed by atoms with Crippen LogP contribution in [0.3, 0.4) is 0 Å². The van der Waals surface area contributed by atoms with Crippen LogP contribution in [-0.4, -0.2) is 36.6 Å². The first-order valence-corrected chi connectivity index (χ1v) is 7.74. The van der Waals surface area contributed by atoms with Crippen molar-refractivity contribution < 1.29 is 4.74 Å². The standard InChI is InChI=1S/C15H19N3OS/c1-16-15-6-2-5-13(17-15)14-11-18(7-8-19-14)10-12-4-3-9-20-12/h2-6,9,14H,7-8,10-11H2,1H3,(H,16,17)/t14-/m0/s1. The van der Waals surface area contributed by atoms with Gasteiger partial charge in [0.1, 0.15) is 11.9 Å². The van der Waals surface area contributed by atoms with E-state index in [9.17, 15) is 0 Å². The van der Waals surface area contributed by atoms with Gasteiger partial charge in [0, 0.05) is 31.6 Å². The van der Waals surface area contributed by atoms with Crippen LogP contribution in [0.2, 0.25) is 0 Å². The molecule has 3 heterocycles. The highest BCUT2D eigenvalue weighted by molar-refractivity contribution is 7.09. The maximum absolute atomic E-state index is 5.88. The molecule has 3 rings (SSSR count). The lowest BCUT2D eigenvalue weighted by molar-refractivity contribution is -0.0346. The summed E-state index contributed by atoms with van der Waals surface area (Å²) in [5.74, 6) is 0.890. The van der Waals surface area contributed by atoms with Crippen molar-refractivity contribution in [3.63, 3.8) is 0 Å². The zero-order chi connectivity index (χ0) is 13.8. The van der Waals surface area contributed by atoms with Crippen LogP contribution in [0.1, 0.15) is 16.7 Å². The highest BCUT2D eigenvalue weighted by Crippen LogP contribution is 2.23. The van der Waals surface area contributed by atoms with Gasteiger partial charge in [0.25, 0.3) is 0 Å². The lowest BCUT2D eigenvalue weighted by Crippen LogP contribution is -2.37. The van der Waals surface area contributed by atoms with Gasteiger partial charge < -0.3 is 10.1 Å². The zero-order valence-corrected chi connectivity index (χ0v) is 12.4. The Kier molecular flexibility index (Phi) is 4.30. The second-order valence-electron chi connectivity index (χ2n) is 4.87. The Hall–Kier alpha value is -1.43. The highest BCUT2D eigenvalue weighted by atomic mass is 32.1. The highest BCUT2D eigenvalue weighted by Gasteiger charge is 2.23. The van der Waals surface area contributed by atoms with Gasteiger partial charge in [0.05, 0.1) is 12.3 Å². The maximum Gasteiger partial charge on any atom is 0.126 e. The van der Waals surface area contributed by atoms with Crippen molar-refractivity contribution in [1.29, 1.82) is 0 Å². The average Bonchev–Trinajstić information content (AvgIpc) is 3.00. The van der Waals surface area contributed by atoms with Crippen molar-refractivity contribution in [2.45, 2.75) is 12.6 Å². The molecule has 0 unspecified atom stereocenters. The van der Waals surface area contributed by atoms with Crippen molar-refractivity contribution in [3.8, 4) is 0 Å². The van der Waals surface area contributed by atoms with Gasteiger partial charge in [-0.15, -0.1) is 11.3 Å². The summed E-state index contributed by atoms with van der Waals surface area (Å²) in [6.45, 7) is 3.66. The number of pyridine rings is 1.